The molecule has 0 aromatic heterocycles. The van der Waals surface area contributed by atoms with Gasteiger partial charge in [-0.05, 0) is 89.6 Å². The largest absolute Gasteiger partial charge is 0.435 e. The zero-order valence-corrected chi connectivity index (χ0v) is 24.6. The van der Waals surface area contributed by atoms with Crippen LogP contribution in [0, 0.1) is 30.0 Å². The third kappa shape index (κ3) is 6.25. The van der Waals surface area contributed by atoms with Crippen molar-refractivity contribution in [3.63, 3.8) is 0 Å². The first-order valence-corrected chi connectivity index (χ1v) is 13.8. The van der Waals surface area contributed by atoms with Crippen molar-refractivity contribution in [1.29, 1.82) is 5.26 Å². The number of anilines is 2. The first-order valence-electron chi connectivity index (χ1n) is 12.6. The summed E-state index contributed by atoms with van der Waals surface area (Å²) >= 11 is 8.60. The molecule has 15 heteroatoms. The van der Waals surface area contributed by atoms with Gasteiger partial charge < -0.3 is 10.2 Å². The van der Waals surface area contributed by atoms with Gasteiger partial charge in [0.25, 0.3) is 11.8 Å². The van der Waals surface area contributed by atoms with Crippen LogP contribution >= 0.6 is 27.5 Å². The zero-order chi connectivity index (χ0) is 32.8. The number of hydrogen-bond donors (Lipinski definition) is 1. The minimum absolute atomic E-state index is 0.0612. The van der Waals surface area contributed by atoms with Crippen LogP contribution in [0.15, 0.2) is 53.0 Å². The summed E-state index contributed by atoms with van der Waals surface area (Å²) in [4.78, 5) is 27.8. The predicted molar refractivity (Wildman–Crippen MR) is 149 cm³/mol. The molecule has 0 saturated heterocycles. The fourth-order valence-corrected chi connectivity index (χ4v) is 5.37. The van der Waals surface area contributed by atoms with Crippen LogP contribution in [0.4, 0.5) is 46.5 Å². The second-order valence-electron chi connectivity index (χ2n) is 10.1. The topological polar surface area (TPSA) is 73.2 Å². The van der Waals surface area contributed by atoms with Crippen LogP contribution in [0.1, 0.15) is 50.2 Å². The van der Waals surface area contributed by atoms with E-state index in [9.17, 15) is 40.3 Å². The van der Waals surface area contributed by atoms with E-state index in [2.05, 4.69) is 21.2 Å². The highest BCUT2D eigenvalue weighted by atomic mass is 79.9. The van der Waals surface area contributed by atoms with E-state index >= 15 is 4.39 Å². The Bertz CT molecular complexity index is 1650. The summed E-state index contributed by atoms with van der Waals surface area (Å²) in [6.45, 7) is 1.72. The Balaban J connectivity index is 1.69. The summed E-state index contributed by atoms with van der Waals surface area (Å²) < 4.78 is 109. The number of hydrogen-bond acceptors (Lipinski definition) is 3. The van der Waals surface area contributed by atoms with Crippen LogP contribution in [-0.2, 0) is 5.67 Å². The maximum atomic E-state index is 15.9. The molecule has 4 rings (SSSR count). The smallest absolute Gasteiger partial charge is 0.320 e. The first kappa shape index (κ1) is 33.2. The Labute approximate surface area is 258 Å². The van der Waals surface area contributed by atoms with Crippen molar-refractivity contribution in [3.8, 4) is 6.07 Å². The number of nitrogens with one attached hydrogen (secondary N) is 1. The van der Waals surface area contributed by atoms with Crippen molar-refractivity contribution >= 4 is 50.7 Å². The molecule has 1 N–H and O–H groups in total. The van der Waals surface area contributed by atoms with Gasteiger partial charge in [-0.15, -0.1) is 0 Å². The molecule has 1 saturated carbocycles. The van der Waals surface area contributed by atoms with Crippen molar-refractivity contribution in [2.24, 2.45) is 5.92 Å². The van der Waals surface area contributed by atoms with Crippen LogP contribution in [0.2, 0.25) is 5.02 Å². The van der Waals surface area contributed by atoms with Crippen molar-refractivity contribution in [2.75, 3.05) is 16.8 Å². The standard InChI is InChI=1S/C29H19BrClF8N3O2/c1-14-9-16(12-40)7-8-18(14)26(44)42(13-15-5-6-15)22-4-2-3-19(23(22)32)25(43)41-24-20(30)10-17(11-21(24)31)27(33,28(34,35)36)29(37,38)39/h2-4,7-11,15H,5-6,13H2,1H3,(H,41,43). The highest BCUT2D eigenvalue weighted by molar-refractivity contribution is 9.10. The third-order valence-electron chi connectivity index (χ3n) is 6.94. The number of nitrogens with zero attached hydrogens (tertiary/aromatic N) is 2. The van der Waals surface area contributed by atoms with Gasteiger partial charge in [0.1, 0.15) is 0 Å². The number of amides is 2. The summed E-state index contributed by atoms with van der Waals surface area (Å²) in [5, 5.41) is 10.3. The third-order valence-corrected chi connectivity index (χ3v) is 7.87. The highest BCUT2D eigenvalue weighted by Gasteiger charge is 2.73. The van der Waals surface area contributed by atoms with E-state index in [0.717, 1.165) is 23.8 Å². The quantitative estimate of drug-likeness (QED) is 0.249. The summed E-state index contributed by atoms with van der Waals surface area (Å²) in [7, 11) is 0. The van der Waals surface area contributed by atoms with Gasteiger partial charge in [-0.3, -0.25) is 9.59 Å². The molecule has 0 unspecified atom stereocenters. The predicted octanol–water partition coefficient (Wildman–Crippen LogP) is 9.02. The maximum Gasteiger partial charge on any atom is 0.435 e. The van der Waals surface area contributed by atoms with Gasteiger partial charge >= 0.3 is 18.0 Å². The molecule has 2 amide bonds. The minimum atomic E-state index is -6.40. The van der Waals surface area contributed by atoms with Gasteiger partial charge in [-0.1, -0.05) is 17.7 Å². The van der Waals surface area contributed by atoms with E-state index in [4.69, 9.17) is 16.9 Å². The number of aryl methyl sites for hydroxylation is 1. The fraction of sp³-hybridized carbons (Fsp3) is 0.276. The molecule has 1 fully saturated rings. The Hall–Kier alpha value is -3.70. The maximum absolute atomic E-state index is 15.9. The molecule has 1 aliphatic rings. The van der Waals surface area contributed by atoms with Crippen LogP contribution in [0.3, 0.4) is 0 Å². The van der Waals surface area contributed by atoms with Crippen molar-refractivity contribution in [1.82, 2.24) is 0 Å². The normalized spacial score (nSPS) is 13.8. The number of benzene rings is 3. The lowest BCUT2D eigenvalue weighted by Crippen LogP contribution is -2.50. The van der Waals surface area contributed by atoms with E-state index in [-0.39, 0.29) is 35.8 Å². The van der Waals surface area contributed by atoms with Crippen molar-refractivity contribution in [3.05, 3.63) is 91.7 Å². The molecule has 5 nitrogen and oxygen atoms in total. The van der Waals surface area contributed by atoms with E-state index in [0.29, 0.717) is 11.1 Å². The molecule has 0 bridgehead atoms. The van der Waals surface area contributed by atoms with Crippen LogP contribution in [0.25, 0.3) is 0 Å². The van der Waals surface area contributed by atoms with Gasteiger partial charge in [0.2, 0.25) is 0 Å². The summed E-state index contributed by atoms with van der Waals surface area (Å²) in [6, 6.07) is 10.1. The number of halogens is 10. The van der Waals surface area contributed by atoms with Gasteiger partial charge in [0, 0.05) is 22.1 Å². The lowest BCUT2D eigenvalue weighted by Gasteiger charge is -2.30. The fourth-order valence-electron chi connectivity index (χ4n) is 4.43. The SMILES string of the molecule is Cc1cc(C#N)ccc1C(=O)N(CC1CC1)c1cccc(C(=O)Nc2c(Cl)cc(C(F)(C(F)(F)F)C(F)(F)F)cc2Br)c1F. The molecule has 0 spiro atoms. The molecule has 1 aliphatic carbocycles. The summed E-state index contributed by atoms with van der Waals surface area (Å²) in [6.07, 6.45) is -11.2. The molecule has 0 atom stereocenters. The van der Waals surface area contributed by atoms with Crippen LogP contribution in [-0.4, -0.2) is 30.7 Å². The zero-order valence-electron chi connectivity index (χ0n) is 22.3. The Morgan fingerprint density at radius 3 is 2.18 bits per heavy atom. The lowest BCUT2D eigenvalue weighted by atomic mass is 9.94. The van der Waals surface area contributed by atoms with Crippen LogP contribution in [0.5, 0.6) is 0 Å². The number of nitriles is 1. The number of rotatable bonds is 7. The average Bonchev–Trinajstić information content (AvgIpc) is 3.76. The van der Waals surface area contributed by atoms with Crippen LogP contribution < -0.4 is 10.2 Å². The number of carbonyl (C=O) groups excluding carboxylic acids is 2. The summed E-state index contributed by atoms with van der Waals surface area (Å²) in [5.41, 5.74) is -8.17. The lowest BCUT2D eigenvalue weighted by molar-refractivity contribution is -0.348. The highest BCUT2D eigenvalue weighted by Crippen LogP contribution is 2.54. The average molecular weight is 709 g/mol. The Morgan fingerprint density at radius 2 is 1.66 bits per heavy atom. The van der Waals surface area contributed by atoms with E-state index in [1.54, 1.807) is 6.92 Å². The molecule has 232 valence electrons. The first-order chi connectivity index (χ1) is 20.4. The number of alkyl halides is 7. The van der Waals surface area contributed by atoms with Gasteiger partial charge in [0.05, 0.1) is 33.6 Å². The second-order valence-corrected chi connectivity index (χ2v) is 11.3. The Kier molecular flexibility index (Phi) is 9.06. The summed E-state index contributed by atoms with van der Waals surface area (Å²) in [5.74, 6) is -2.89. The Morgan fingerprint density at radius 1 is 1.02 bits per heavy atom. The molecule has 0 radical (unpaired) electrons. The molecule has 3 aromatic carbocycles. The molecule has 0 heterocycles. The van der Waals surface area contributed by atoms with Gasteiger partial charge in [-0.25, -0.2) is 8.78 Å². The van der Waals surface area contributed by atoms with Crippen molar-refractivity contribution in [2.45, 2.75) is 37.8 Å². The molecule has 0 aliphatic heterocycles. The monoisotopic (exact) mass is 707 g/mol. The van der Waals surface area contributed by atoms with E-state index < -0.39 is 62.0 Å². The van der Waals surface area contributed by atoms with E-state index in [1.165, 1.54) is 30.3 Å². The second kappa shape index (κ2) is 12.0. The molecule has 3 aromatic rings. The number of carbonyl (C=O) groups is 2. The molecular weight excluding hydrogens is 690 g/mol. The van der Waals surface area contributed by atoms with E-state index in [1.807, 2.05) is 6.07 Å². The van der Waals surface area contributed by atoms with Gasteiger partial charge in [-0.2, -0.15) is 31.6 Å². The van der Waals surface area contributed by atoms with Gasteiger partial charge in [0.15, 0.2) is 5.82 Å². The molecular formula is C29H19BrClF8N3O2. The van der Waals surface area contributed by atoms with Crippen molar-refractivity contribution < 1.29 is 44.7 Å². The molecule has 44 heavy (non-hydrogen) atoms. The minimum Gasteiger partial charge on any atom is -0.320 e.